The van der Waals surface area contributed by atoms with E-state index >= 15 is 0 Å². The van der Waals surface area contributed by atoms with Crippen molar-refractivity contribution in [1.29, 1.82) is 0 Å². The van der Waals surface area contributed by atoms with Crippen molar-refractivity contribution in [1.82, 2.24) is 19.9 Å². The molecular weight excluding hydrogens is 472 g/mol. The SMILES string of the molecule is O=S(=O)(O)Nc1ccc(CNc2nc(-c3ccccn3)nc3scc(-c4ccncc4)c23)cc1. The number of rotatable bonds is 7. The monoisotopic (exact) mass is 490 g/mol. The lowest BCUT2D eigenvalue weighted by Crippen LogP contribution is -2.10. The van der Waals surface area contributed by atoms with Crippen LogP contribution in [0.3, 0.4) is 0 Å². The minimum Gasteiger partial charge on any atom is -0.365 e. The lowest BCUT2D eigenvalue weighted by Gasteiger charge is -2.11. The fourth-order valence-corrected chi connectivity index (χ4v) is 4.83. The zero-order valence-corrected chi connectivity index (χ0v) is 19.2. The van der Waals surface area contributed by atoms with Gasteiger partial charge in [0, 0.05) is 36.1 Å². The van der Waals surface area contributed by atoms with Crippen LogP contribution in [-0.4, -0.2) is 32.9 Å². The van der Waals surface area contributed by atoms with Crippen molar-refractivity contribution in [2.75, 3.05) is 10.0 Å². The van der Waals surface area contributed by atoms with Gasteiger partial charge in [-0.1, -0.05) is 18.2 Å². The molecule has 5 rings (SSSR count). The molecule has 0 fully saturated rings. The molecular formula is C23H18N6O3S2. The molecule has 0 unspecified atom stereocenters. The van der Waals surface area contributed by atoms with E-state index in [1.807, 2.05) is 35.1 Å². The molecule has 0 atom stereocenters. The van der Waals surface area contributed by atoms with E-state index in [9.17, 15) is 8.42 Å². The molecule has 0 bridgehead atoms. The molecule has 4 heterocycles. The summed E-state index contributed by atoms with van der Waals surface area (Å²) < 4.78 is 33.0. The minimum absolute atomic E-state index is 0.269. The largest absolute Gasteiger partial charge is 0.365 e. The summed E-state index contributed by atoms with van der Waals surface area (Å²) >= 11 is 1.53. The highest BCUT2D eigenvalue weighted by atomic mass is 32.2. The number of fused-ring (bicyclic) bond motifs is 1. The second kappa shape index (κ2) is 9.14. The van der Waals surface area contributed by atoms with Crippen molar-refractivity contribution < 1.29 is 13.0 Å². The summed E-state index contributed by atoms with van der Waals surface area (Å²) in [5.74, 6) is 1.19. The highest BCUT2D eigenvalue weighted by molar-refractivity contribution is 7.87. The van der Waals surface area contributed by atoms with Crippen molar-refractivity contribution >= 4 is 43.4 Å². The quantitative estimate of drug-likeness (QED) is 0.281. The third-order valence-corrected chi connectivity index (χ3v) is 6.35. The molecule has 4 aromatic heterocycles. The first-order valence-electron chi connectivity index (χ1n) is 10.2. The lowest BCUT2D eigenvalue weighted by molar-refractivity contribution is 0.489. The van der Waals surface area contributed by atoms with Gasteiger partial charge >= 0.3 is 10.3 Å². The summed E-state index contributed by atoms with van der Waals surface area (Å²) in [5.41, 5.74) is 3.86. The van der Waals surface area contributed by atoms with E-state index in [2.05, 4.69) is 20.7 Å². The van der Waals surface area contributed by atoms with Crippen LogP contribution < -0.4 is 10.0 Å². The van der Waals surface area contributed by atoms with E-state index in [1.54, 1.807) is 42.9 Å². The molecule has 5 aromatic rings. The molecule has 0 saturated heterocycles. The molecule has 0 radical (unpaired) electrons. The number of nitrogens with zero attached hydrogens (tertiary/aromatic N) is 4. The Morgan fingerprint density at radius 2 is 1.74 bits per heavy atom. The van der Waals surface area contributed by atoms with Crippen LogP contribution in [-0.2, 0) is 16.8 Å². The Bertz CT molecular complexity index is 1540. The summed E-state index contributed by atoms with van der Waals surface area (Å²) in [4.78, 5) is 18.9. The number of nitrogens with one attached hydrogen (secondary N) is 2. The van der Waals surface area contributed by atoms with E-state index < -0.39 is 10.3 Å². The van der Waals surface area contributed by atoms with Gasteiger partial charge < -0.3 is 5.32 Å². The number of benzene rings is 1. The van der Waals surface area contributed by atoms with E-state index in [0.717, 1.165) is 26.9 Å². The molecule has 0 spiro atoms. The number of hydrogen-bond acceptors (Lipinski definition) is 8. The van der Waals surface area contributed by atoms with Gasteiger partial charge in [0.05, 0.1) is 11.1 Å². The Balaban J connectivity index is 1.52. The maximum Gasteiger partial charge on any atom is 0.357 e. The Kier molecular flexibility index (Phi) is 5.88. The maximum absolute atomic E-state index is 11.0. The number of thiophene rings is 1. The number of aromatic nitrogens is 4. The van der Waals surface area contributed by atoms with E-state index in [1.165, 1.54) is 11.3 Å². The third-order valence-electron chi connectivity index (χ3n) is 4.98. The van der Waals surface area contributed by atoms with Crippen LogP contribution in [0.15, 0.2) is 78.6 Å². The standard InChI is InChI=1S/C23H18N6O3S2/c30-34(31,32)29-17-6-4-15(5-7-17)13-26-22-20-18(16-8-11-24-12-9-16)14-33-23(20)28-21(27-22)19-3-1-2-10-25-19/h1-12,14,29H,13H2,(H,26,27,28)(H,30,31,32). The van der Waals surface area contributed by atoms with Gasteiger partial charge in [0.15, 0.2) is 5.82 Å². The van der Waals surface area contributed by atoms with Gasteiger partial charge in [-0.15, -0.1) is 11.3 Å². The number of pyridine rings is 2. The third kappa shape index (κ3) is 4.86. The van der Waals surface area contributed by atoms with E-state index in [-0.39, 0.29) is 5.69 Å². The van der Waals surface area contributed by atoms with Crippen molar-refractivity contribution in [3.63, 3.8) is 0 Å². The van der Waals surface area contributed by atoms with Crippen molar-refractivity contribution in [3.8, 4) is 22.6 Å². The van der Waals surface area contributed by atoms with Crippen LogP contribution in [0.2, 0.25) is 0 Å². The van der Waals surface area contributed by atoms with Crippen LogP contribution in [0.4, 0.5) is 11.5 Å². The summed E-state index contributed by atoms with van der Waals surface area (Å²) in [6, 6.07) is 16.2. The molecule has 1 aromatic carbocycles. The second-order valence-corrected chi connectivity index (χ2v) is 9.32. The fourth-order valence-electron chi connectivity index (χ4n) is 3.45. The van der Waals surface area contributed by atoms with Crippen LogP contribution in [0.25, 0.3) is 32.9 Å². The van der Waals surface area contributed by atoms with Crippen LogP contribution >= 0.6 is 11.3 Å². The molecule has 0 aliphatic rings. The summed E-state index contributed by atoms with van der Waals surface area (Å²) in [7, 11) is -4.32. The minimum atomic E-state index is -4.32. The fraction of sp³-hybridized carbons (Fsp3) is 0.0435. The molecule has 0 saturated carbocycles. The Morgan fingerprint density at radius 3 is 2.44 bits per heavy atom. The predicted octanol–water partition coefficient (Wildman–Crippen LogP) is 4.64. The van der Waals surface area contributed by atoms with Gasteiger partial charge in [0.2, 0.25) is 0 Å². The first-order valence-corrected chi connectivity index (χ1v) is 12.5. The predicted molar refractivity (Wildman–Crippen MR) is 133 cm³/mol. The normalized spacial score (nSPS) is 11.4. The molecule has 170 valence electrons. The Labute approximate surface area is 199 Å². The molecule has 0 amide bonds. The second-order valence-electron chi connectivity index (χ2n) is 7.30. The molecule has 0 aliphatic carbocycles. The summed E-state index contributed by atoms with van der Waals surface area (Å²) in [6.07, 6.45) is 5.20. The average molecular weight is 491 g/mol. The van der Waals surface area contributed by atoms with Crippen molar-refractivity contribution in [2.24, 2.45) is 0 Å². The van der Waals surface area contributed by atoms with Crippen molar-refractivity contribution in [2.45, 2.75) is 6.54 Å². The molecule has 0 aliphatic heterocycles. The molecule has 9 nitrogen and oxygen atoms in total. The summed E-state index contributed by atoms with van der Waals surface area (Å²) in [5, 5.41) is 6.36. The Morgan fingerprint density at radius 1 is 0.941 bits per heavy atom. The highest BCUT2D eigenvalue weighted by Crippen LogP contribution is 2.38. The maximum atomic E-state index is 11.0. The summed E-state index contributed by atoms with van der Waals surface area (Å²) in [6.45, 7) is 0.436. The zero-order chi connectivity index (χ0) is 23.5. The Hall–Kier alpha value is -3.93. The molecule has 34 heavy (non-hydrogen) atoms. The van der Waals surface area contributed by atoms with Gasteiger partial charge in [-0.2, -0.15) is 8.42 Å². The van der Waals surface area contributed by atoms with Crippen LogP contribution in [0.5, 0.6) is 0 Å². The van der Waals surface area contributed by atoms with Gasteiger partial charge in [0.1, 0.15) is 16.3 Å². The van der Waals surface area contributed by atoms with Crippen molar-refractivity contribution in [3.05, 3.63) is 84.1 Å². The smallest absolute Gasteiger partial charge is 0.357 e. The van der Waals surface area contributed by atoms with E-state index in [0.29, 0.717) is 23.9 Å². The zero-order valence-electron chi connectivity index (χ0n) is 17.6. The van der Waals surface area contributed by atoms with Gasteiger partial charge in [0.25, 0.3) is 0 Å². The average Bonchev–Trinajstić information content (AvgIpc) is 3.28. The van der Waals surface area contributed by atoms with Gasteiger partial charge in [-0.25, -0.2) is 9.97 Å². The van der Waals surface area contributed by atoms with Gasteiger partial charge in [-0.3, -0.25) is 19.2 Å². The van der Waals surface area contributed by atoms with E-state index in [4.69, 9.17) is 14.5 Å². The first-order chi connectivity index (χ1) is 16.5. The topological polar surface area (TPSA) is 130 Å². The molecule has 11 heteroatoms. The van der Waals surface area contributed by atoms with Crippen LogP contribution in [0, 0.1) is 0 Å². The highest BCUT2D eigenvalue weighted by Gasteiger charge is 2.17. The lowest BCUT2D eigenvalue weighted by atomic mass is 10.1. The number of anilines is 2. The molecule has 3 N–H and O–H groups in total. The van der Waals surface area contributed by atoms with Gasteiger partial charge in [-0.05, 0) is 47.5 Å². The number of hydrogen-bond donors (Lipinski definition) is 3. The first kappa shape index (κ1) is 21.9. The van der Waals surface area contributed by atoms with Crippen LogP contribution in [0.1, 0.15) is 5.56 Å².